The van der Waals surface area contributed by atoms with Gasteiger partial charge in [0.2, 0.25) is 0 Å². The van der Waals surface area contributed by atoms with Crippen LogP contribution in [0.5, 0.6) is 0 Å². The molecule has 5 heteroatoms. The van der Waals surface area contributed by atoms with Crippen LogP contribution in [-0.4, -0.2) is 22.4 Å². The van der Waals surface area contributed by atoms with E-state index in [0.717, 1.165) is 28.2 Å². The SMILES string of the molecule is CCOC(=O)CCc1cc(-c2ccccc2)n(-c2ccc(I)cc2C)n1. The molecule has 3 rings (SSSR count). The molecule has 0 saturated carbocycles. The minimum absolute atomic E-state index is 0.186. The quantitative estimate of drug-likeness (QED) is 0.387. The molecule has 1 heterocycles. The molecular formula is C21H21IN2O2. The van der Waals surface area contributed by atoms with Gasteiger partial charge < -0.3 is 4.74 Å². The number of esters is 1. The monoisotopic (exact) mass is 460 g/mol. The van der Waals surface area contributed by atoms with Crippen molar-refractivity contribution in [2.45, 2.75) is 26.7 Å². The summed E-state index contributed by atoms with van der Waals surface area (Å²) in [5.74, 6) is -0.186. The van der Waals surface area contributed by atoms with Crippen molar-refractivity contribution in [2.24, 2.45) is 0 Å². The van der Waals surface area contributed by atoms with Gasteiger partial charge in [0.15, 0.2) is 0 Å². The van der Waals surface area contributed by atoms with E-state index in [-0.39, 0.29) is 5.97 Å². The fourth-order valence-electron chi connectivity index (χ4n) is 2.87. The van der Waals surface area contributed by atoms with Crippen molar-refractivity contribution in [1.82, 2.24) is 9.78 Å². The van der Waals surface area contributed by atoms with Crippen molar-refractivity contribution >= 4 is 28.6 Å². The summed E-state index contributed by atoms with van der Waals surface area (Å²) >= 11 is 2.31. The normalized spacial score (nSPS) is 10.7. The molecule has 0 atom stereocenters. The molecule has 0 bridgehead atoms. The highest BCUT2D eigenvalue weighted by Gasteiger charge is 2.14. The van der Waals surface area contributed by atoms with Crippen molar-refractivity contribution in [3.8, 4) is 16.9 Å². The summed E-state index contributed by atoms with van der Waals surface area (Å²) in [5, 5.41) is 4.79. The van der Waals surface area contributed by atoms with Crippen LogP contribution in [0.25, 0.3) is 16.9 Å². The highest BCUT2D eigenvalue weighted by molar-refractivity contribution is 14.1. The van der Waals surface area contributed by atoms with Gasteiger partial charge in [-0.05, 0) is 66.3 Å². The average molecular weight is 460 g/mol. The number of carbonyl (C=O) groups is 1. The highest BCUT2D eigenvalue weighted by Crippen LogP contribution is 2.26. The zero-order chi connectivity index (χ0) is 18.5. The molecule has 0 aliphatic heterocycles. The molecule has 0 aliphatic carbocycles. The summed E-state index contributed by atoms with van der Waals surface area (Å²) in [6.07, 6.45) is 0.903. The number of halogens is 1. The maximum atomic E-state index is 11.7. The van der Waals surface area contributed by atoms with Crippen LogP contribution in [0.2, 0.25) is 0 Å². The standard InChI is InChI=1S/C21H21IN2O2/c1-3-26-21(25)12-10-18-14-20(16-7-5-4-6-8-16)24(23-18)19-11-9-17(22)13-15(19)2/h4-9,11,13-14H,3,10,12H2,1-2H3. The van der Waals surface area contributed by atoms with Crippen LogP contribution in [0.3, 0.4) is 0 Å². The molecule has 0 saturated heterocycles. The van der Waals surface area contributed by atoms with Crippen molar-refractivity contribution < 1.29 is 9.53 Å². The van der Waals surface area contributed by atoms with E-state index in [9.17, 15) is 4.79 Å². The van der Waals surface area contributed by atoms with Crippen LogP contribution in [0.1, 0.15) is 24.6 Å². The number of aryl methyl sites for hydroxylation is 2. The van der Waals surface area contributed by atoms with Gasteiger partial charge in [0.25, 0.3) is 0 Å². The zero-order valence-corrected chi connectivity index (χ0v) is 17.1. The Morgan fingerprint density at radius 3 is 2.62 bits per heavy atom. The summed E-state index contributed by atoms with van der Waals surface area (Å²) < 4.78 is 8.20. The fourth-order valence-corrected chi connectivity index (χ4v) is 3.52. The molecule has 134 valence electrons. The lowest BCUT2D eigenvalue weighted by Gasteiger charge is -2.11. The van der Waals surface area contributed by atoms with E-state index < -0.39 is 0 Å². The number of hydrogen-bond acceptors (Lipinski definition) is 3. The Morgan fingerprint density at radius 1 is 1.15 bits per heavy atom. The third kappa shape index (κ3) is 4.33. The number of nitrogens with zero attached hydrogens (tertiary/aromatic N) is 2. The van der Waals surface area contributed by atoms with Crippen LogP contribution in [0, 0.1) is 10.5 Å². The summed E-state index contributed by atoms with van der Waals surface area (Å²) in [6.45, 7) is 4.32. The number of hydrogen-bond donors (Lipinski definition) is 0. The number of benzene rings is 2. The summed E-state index contributed by atoms with van der Waals surface area (Å²) in [7, 11) is 0. The molecule has 0 radical (unpaired) electrons. The molecular weight excluding hydrogens is 439 g/mol. The highest BCUT2D eigenvalue weighted by atomic mass is 127. The van der Waals surface area contributed by atoms with Gasteiger partial charge in [0.1, 0.15) is 0 Å². The van der Waals surface area contributed by atoms with Gasteiger partial charge in [-0.15, -0.1) is 0 Å². The Morgan fingerprint density at radius 2 is 1.92 bits per heavy atom. The molecule has 0 aliphatic rings. The predicted octanol–water partition coefficient (Wildman–Crippen LogP) is 4.95. The van der Waals surface area contributed by atoms with Gasteiger partial charge >= 0.3 is 5.97 Å². The maximum absolute atomic E-state index is 11.7. The van der Waals surface area contributed by atoms with Crippen molar-refractivity contribution in [3.05, 3.63) is 69.4 Å². The van der Waals surface area contributed by atoms with E-state index in [4.69, 9.17) is 9.84 Å². The minimum Gasteiger partial charge on any atom is -0.466 e. The van der Waals surface area contributed by atoms with Crippen LogP contribution in [0.4, 0.5) is 0 Å². The van der Waals surface area contributed by atoms with Gasteiger partial charge in [-0.1, -0.05) is 30.3 Å². The lowest BCUT2D eigenvalue weighted by Crippen LogP contribution is -2.06. The van der Waals surface area contributed by atoms with Crippen molar-refractivity contribution in [1.29, 1.82) is 0 Å². The first-order chi connectivity index (χ1) is 12.6. The van der Waals surface area contributed by atoms with Crippen LogP contribution in [-0.2, 0) is 16.0 Å². The van der Waals surface area contributed by atoms with Gasteiger partial charge in [0.05, 0.1) is 30.1 Å². The minimum atomic E-state index is -0.186. The molecule has 2 aromatic carbocycles. The molecule has 0 amide bonds. The molecule has 0 fully saturated rings. The Balaban J connectivity index is 2.00. The first-order valence-electron chi connectivity index (χ1n) is 8.65. The molecule has 3 aromatic rings. The first-order valence-corrected chi connectivity index (χ1v) is 9.73. The Hall–Kier alpha value is -2.15. The second kappa shape index (κ2) is 8.49. The van der Waals surface area contributed by atoms with E-state index in [1.165, 1.54) is 3.57 Å². The van der Waals surface area contributed by atoms with Crippen LogP contribution in [0.15, 0.2) is 54.6 Å². The van der Waals surface area contributed by atoms with Gasteiger partial charge in [-0.3, -0.25) is 4.79 Å². The molecule has 4 nitrogen and oxygen atoms in total. The molecule has 0 N–H and O–H groups in total. The van der Waals surface area contributed by atoms with Crippen molar-refractivity contribution in [3.63, 3.8) is 0 Å². The maximum Gasteiger partial charge on any atom is 0.306 e. The summed E-state index contributed by atoms with van der Waals surface area (Å²) in [4.78, 5) is 11.7. The van der Waals surface area contributed by atoms with Gasteiger partial charge in [0, 0.05) is 15.6 Å². The number of carbonyl (C=O) groups excluding carboxylic acids is 1. The van der Waals surface area contributed by atoms with E-state index in [2.05, 4.69) is 65.9 Å². The number of aromatic nitrogens is 2. The Bertz CT molecular complexity index is 904. The second-order valence-corrected chi connectivity index (χ2v) is 7.28. The van der Waals surface area contributed by atoms with Crippen LogP contribution < -0.4 is 0 Å². The van der Waals surface area contributed by atoms with E-state index >= 15 is 0 Å². The summed E-state index contributed by atoms with van der Waals surface area (Å²) in [5.41, 5.74) is 5.21. The zero-order valence-electron chi connectivity index (χ0n) is 14.9. The molecule has 0 spiro atoms. The van der Waals surface area contributed by atoms with E-state index in [1.807, 2.05) is 29.8 Å². The number of ether oxygens (including phenoxy) is 1. The number of rotatable bonds is 6. The second-order valence-electron chi connectivity index (χ2n) is 6.03. The summed E-state index contributed by atoms with van der Waals surface area (Å²) in [6, 6.07) is 18.6. The Labute approximate surface area is 167 Å². The van der Waals surface area contributed by atoms with Crippen molar-refractivity contribution in [2.75, 3.05) is 6.61 Å². The third-order valence-corrected chi connectivity index (χ3v) is 4.78. The first kappa shape index (κ1) is 18.6. The lowest BCUT2D eigenvalue weighted by atomic mass is 10.1. The van der Waals surface area contributed by atoms with E-state index in [1.54, 1.807) is 0 Å². The Kier molecular flexibility index (Phi) is 6.08. The topological polar surface area (TPSA) is 44.1 Å². The largest absolute Gasteiger partial charge is 0.466 e. The van der Waals surface area contributed by atoms with Gasteiger partial charge in [-0.2, -0.15) is 5.10 Å². The average Bonchev–Trinajstić information content (AvgIpc) is 3.05. The molecule has 26 heavy (non-hydrogen) atoms. The van der Waals surface area contributed by atoms with Gasteiger partial charge in [-0.25, -0.2) is 4.68 Å². The fraction of sp³-hybridized carbons (Fsp3) is 0.238. The lowest BCUT2D eigenvalue weighted by molar-refractivity contribution is -0.143. The van der Waals surface area contributed by atoms with E-state index in [0.29, 0.717) is 19.4 Å². The molecule has 0 unspecified atom stereocenters. The third-order valence-electron chi connectivity index (χ3n) is 4.11. The predicted molar refractivity (Wildman–Crippen MR) is 111 cm³/mol. The smallest absolute Gasteiger partial charge is 0.306 e. The van der Waals surface area contributed by atoms with Crippen LogP contribution >= 0.6 is 22.6 Å². The molecule has 1 aromatic heterocycles.